The summed E-state index contributed by atoms with van der Waals surface area (Å²) in [5, 5.41) is 7.25. The van der Waals surface area contributed by atoms with Crippen LogP contribution in [0.3, 0.4) is 0 Å². The molecule has 134 valence electrons. The molecule has 0 atom stereocenters. The molecule has 1 heterocycles. The number of nitrogens with zero attached hydrogens (tertiary/aromatic N) is 3. The Morgan fingerprint density at radius 2 is 1.85 bits per heavy atom. The van der Waals surface area contributed by atoms with Gasteiger partial charge in [-0.1, -0.05) is 42.5 Å². The van der Waals surface area contributed by atoms with Crippen molar-refractivity contribution in [2.75, 3.05) is 17.3 Å². The summed E-state index contributed by atoms with van der Waals surface area (Å²) in [6, 6.07) is 18.2. The predicted molar refractivity (Wildman–Crippen MR) is 105 cm³/mol. The van der Waals surface area contributed by atoms with Gasteiger partial charge >= 0.3 is 0 Å². The number of aromatic nitrogens is 2. The number of anilines is 2. The van der Waals surface area contributed by atoms with E-state index in [1.54, 1.807) is 10.9 Å². The second kappa shape index (κ2) is 8.34. The highest BCUT2D eigenvalue weighted by Gasteiger charge is 2.11. The van der Waals surface area contributed by atoms with Crippen molar-refractivity contribution in [3.63, 3.8) is 0 Å². The second-order valence-electron chi connectivity index (χ2n) is 6.44. The van der Waals surface area contributed by atoms with Gasteiger partial charge in [0.2, 0.25) is 5.91 Å². The highest BCUT2D eigenvalue weighted by atomic mass is 16.1. The van der Waals surface area contributed by atoms with E-state index in [4.69, 9.17) is 0 Å². The van der Waals surface area contributed by atoms with Gasteiger partial charge in [-0.2, -0.15) is 5.10 Å². The van der Waals surface area contributed by atoms with Crippen molar-refractivity contribution in [3.8, 4) is 0 Å². The third-order valence-electron chi connectivity index (χ3n) is 4.18. The number of hydrogen-bond donors (Lipinski definition) is 1. The molecule has 0 radical (unpaired) electrons. The number of carbonyl (C=O) groups is 1. The number of amides is 1. The Morgan fingerprint density at radius 1 is 1.12 bits per heavy atom. The van der Waals surface area contributed by atoms with Crippen LogP contribution in [0, 0.1) is 6.92 Å². The molecule has 0 saturated heterocycles. The molecular weight excluding hydrogens is 324 g/mol. The lowest BCUT2D eigenvalue weighted by atomic mass is 10.2. The number of rotatable bonds is 7. The van der Waals surface area contributed by atoms with Gasteiger partial charge in [-0.05, 0) is 30.2 Å². The van der Waals surface area contributed by atoms with E-state index in [1.165, 1.54) is 5.56 Å². The van der Waals surface area contributed by atoms with Crippen molar-refractivity contribution in [3.05, 3.63) is 78.1 Å². The molecule has 0 aliphatic carbocycles. The molecule has 1 N–H and O–H groups in total. The number of benzene rings is 2. The molecular formula is C21H24N4O. The maximum atomic E-state index is 12.4. The number of aryl methyl sites for hydroxylation is 2. The highest BCUT2D eigenvalue weighted by Crippen LogP contribution is 2.26. The van der Waals surface area contributed by atoms with Crippen molar-refractivity contribution in [1.29, 1.82) is 0 Å². The van der Waals surface area contributed by atoms with Crippen LogP contribution < -0.4 is 10.2 Å². The fraction of sp³-hybridized carbons (Fsp3) is 0.238. The number of para-hydroxylation sites is 2. The molecule has 1 aromatic heterocycles. The van der Waals surface area contributed by atoms with Crippen LogP contribution in [0.4, 0.5) is 11.4 Å². The zero-order valence-electron chi connectivity index (χ0n) is 15.2. The minimum Gasteiger partial charge on any atom is -0.369 e. The first-order valence-electron chi connectivity index (χ1n) is 8.75. The summed E-state index contributed by atoms with van der Waals surface area (Å²) in [6.07, 6.45) is 4.12. The molecule has 0 aliphatic heterocycles. The van der Waals surface area contributed by atoms with Gasteiger partial charge in [-0.3, -0.25) is 9.48 Å². The van der Waals surface area contributed by atoms with E-state index < -0.39 is 0 Å². The Bertz CT molecular complexity index is 857. The minimum absolute atomic E-state index is 0.0151. The molecule has 5 nitrogen and oxygen atoms in total. The first-order chi connectivity index (χ1) is 12.6. The fourth-order valence-corrected chi connectivity index (χ4v) is 2.87. The van der Waals surface area contributed by atoms with Crippen LogP contribution in [0.2, 0.25) is 0 Å². The Morgan fingerprint density at radius 3 is 2.58 bits per heavy atom. The van der Waals surface area contributed by atoms with E-state index in [1.807, 2.05) is 62.6 Å². The van der Waals surface area contributed by atoms with Gasteiger partial charge in [-0.15, -0.1) is 0 Å². The molecule has 0 bridgehead atoms. The van der Waals surface area contributed by atoms with E-state index >= 15 is 0 Å². The van der Waals surface area contributed by atoms with E-state index in [9.17, 15) is 4.79 Å². The lowest BCUT2D eigenvalue weighted by molar-refractivity contribution is -0.116. The SMILES string of the molecule is Cc1cnn(CCC(=O)Nc2ccccc2N(C)Cc2ccccc2)c1. The molecule has 0 unspecified atom stereocenters. The first kappa shape index (κ1) is 17.7. The summed E-state index contributed by atoms with van der Waals surface area (Å²) >= 11 is 0. The van der Waals surface area contributed by atoms with E-state index in [0.29, 0.717) is 13.0 Å². The number of hydrogen-bond acceptors (Lipinski definition) is 3. The summed E-state index contributed by atoms with van der Waals surface area (Å²) < 4.78 is 1.79. The Kier molecular flexibility index (Phi) is 5.69. The lowest BCUT2D eigenvalue weighted by Gasteiger charge is -2.23. The molecule has 3 aromatic rings. The van der Waals surface area contributed by atoms with E-state index in [-0.39, 0.29) is 5.91 Å². The van der Waals surface area contributed by atoms with Crippen molar-refractivity contribution in [2.24, 2.45) is 0 Å². The predicted octanol–water partition coefficient (Wildman–Crippen LogP) is 3.86. The molecule has 2 aromatic carbocycles. The number of carbonyl (C=O) groups excluding carboxylic acids is 1. The molecule has 5 heteroatoms. The third kappa shape index (κ3) is 4.72. The lowest BCUT2D eigenvalue weighted by Crippen LogP contribution is -2.20. The zero-order chi connectivity index (χ0) is 18.4. The van der Waals surface area contributed by atoms with Crippen LogP contribution in [-0.2, 0) is 17.9 Å². The quantitative estimate of drug-likeness (QED) is 0.705. The summed E-state index contributed by atoms with van der Waals surface area (Å²) in [5.41, 5.74) is 4.15. The molecule has 26 heavy (non-hydrogen) atoms. The second-order valence-corrected chi connectivity index (χ2v) is 6.44. The maximum Gasteiger partial charge on any atom is 0.226 e. The third-order valence-corrected chi connectivity index (χ3v) is 4.18. The number of nitrogens with one attached hydrogen (secondary N) is 1. The standard InChI is InChI=1S/C21H24N4O/c1-17-14-22-25(15-17)13-12-21(26)23-19-10-6-7-11-20(19)24(2)16-18-8-4-3-5-9-18/h3-11,14-15H,12-13,16H2,1-2H3,(H,23,26). The van der Waals surface area contributed by atoms with Gasteiger partial charge < -0.3 is 10.2 Å². The normalized spacial score (nSPS) is 10.5. The maximum absolute atomic E-state index is 12.4. The van der Waals surface area contributed by atoms with Crippen LogP contribution in [0.1, 0.15) is 17.5 Å². The average molecular weight is 348 g/mol. The molecule has 3 rings (SSSR count). The fourth-order valence-electron chi connectivity index (χ4n) is 2.87. The van der Waals surface area contributed by atoms with Gasteiger partial charge in [0.25, 0.3) is 0 Å². The van der Waals surface area contributed by atoms with Crippen LogP contribution in [0.5, 0.6) is 0 Å². The summed E-state index contributed by atoms with van der Waals surface area (Å²) in [6.45, 7) is 3.34. The molecule has 0 aliphatic rings. The van der Waals surface area contributed by atoms with Gasteiger partial charge in [0.05, 0.1) is 17.6 Å². The van der Waals surface area contributed by atoms with Gasteiger partial charge in [0.1, 0.15) is 0 Å². The van der Waals surface area contributed by atoms with Crippen LogP contribution in [0.15, 0.2) is 67.0 Å². The van der Waals surface area contributed by atoms with Crippen molar-refractivity contribution < 1.29 is 4.79 Å². The monoisotopic (exact) mass is 348 g/mol. The zero-order valence-corrected chi connectivity index (χ0v) is 15.2. The molecule has 1 amide bonds. The van der Waals surface area contributed by atoms with Crippen LogP contribution >= 0.6 is 0 Å². The van der Waals surface area contributed by atoms with Crippen LogP contribution in [-0.4, -0.2) is 22.7 Å². The Hall–Kier alpha value is -3.08. The highest BCUT2D eigenvalue weighted by molar-refractivity contribution is 5.94. The van der Waals surface area contributed by atoms with E-state index in [0.717, 1.165) is 23.5 Å². The van der Waals surface area contributed by atoms with Crippen molar-refractivity contribution in [2.45, 2.75) is 26.4 Å². The van der Waals surface area contributed by atoms with Gasteiger partial charge in [0, 0.05) is 32.8 Å². The van der Waals surface area contributed by atoms with Crippen molar-refractivity contribution in [1.82, 2.24) is 9.78 Å². The van der Waals surface area contributed by atoms with Gasteiger partial charge in [0.15, 0.2) is 0 Å². The molecule has 0 saturated carbocycles. The molecule has 0 fully saturated rings. The van der Waals surface area contributed by atoms with Crippen molar-refractivity contribution >= 4 is 17.3 Å². The molecule has 0 spiro atoms. The average Bonchev–Trinajstić information content (AvgIpc) is 3.06. The van der Waals surface area contributed by atoms with Crippen LogP contribution in [0.25, 0.3) is 0 Å². The van der Waals surface area contributed by atoms with Gasteiger partial charge in [-0.25, -0.2) is 0 Å². The van der Waals surface area contributed by atoms with E-state index in [2.05, 4.69) is 27.4 Å². The summed E-state index contributed by atoms with van der Waals surface area (Å²) in [5.74, 6) is -0.0151. The smallest absolute Gasteiger partial charge is 0.226 e. The Labute approximate surface area is 154 Å². The Balaban J connectivity index is 1.63. The largest absolute Gasteiger partial charge is 0.369 e. The minimum atomic E-state index is -0.0151. The summed E-state index contributed by atoms with van der Waals surface area (Å²) in [7, 11) is 2.03. The first-order valence-corrected chi connectivity index (χ1v) is 8.75. The summed E-state index contributed by atoms with van der Waals surface area (Å²) in [4.78, 5) is 14.5. The topological polar surface area (TPSA) is 50.2 Å².